The summed E-state index contributed by atoms with van der Waals surface area (Å²) in [5, 5.41) is 2.40. The Morgan fingerprint density at radius 3 is 2.22 bits per heavy atom. The summed E-state index contributed by atoms with van der Waals surface area (Å²) in [6.07, 6.45) is -3.97. The van der Waals surface area contributed by atoms with Crippen LogP contribution in [0.15, 0.2) is 0 Å². The molecule has 0 aromatic heterocycles. The lowest BCUT2D eigenvalue weighted by atomic mass is 9.95. The zero-order chi connectivity index (χ0) is 20.6. The molecule has 9 nitrogen and oxygen atoms in total. The van der Waals surface area contributed by atoms with Gasteiger partial charge in [-0.05, 0) is 13.8 Å². The number of nitrogens with one attached hydrogen (secondary N) is 1. The zero-order valence-electron chi connectivity index (χ0n) is 15.0. The number of esters is 2. The van der Waals surface area contributed by atoms with Crippen LogP contribution in [0.5, 0.6) is 0 Å². The minimum Gasteiger partial charge on any atom is -0.457 e. The second kappa shape index (κ2) is 8.26. The summed E-state index contributed by atoms with van der Waals surface area (Å²) in [4.78, 5) is 35.3. The standard InChI is InChI=1S/C15H20Cl3NO8/c1-6(20)24-11-9(19-13(22)15(16,17)18)12(25-7(2)21)26-8-5-23-14(3,4)27-10(8)11/h8-12H,5H2,1-4H3,(H,19,22)/t8-,9-,10-,11-,12-/m1/s1. The van der Waals surface area contributed by atoms with Crippen LogP contribution >= 0.6 is 34.8 Å². The molecule has 0 radical (unpaired) electrons. The van der Waals surface area contributed by atoms with Crippen molar-refractivity contribution in [2.75, 3.05) is 6.61 Å². The van der Waals surface area contributed by atoms with Gasteiger partial charge in [-0.2, -0.15) is 0 Å². The molecule has 2 aliphatic rings. The number of hydrogen-bond donors (Lipinski definition) is 1. The molecule has 1 amide bonds. The second-order valence-electron chi connectivity index (χ2n) is 6.52. The molecule has 1 N–H and O–H groups in total. The van der Waals surface area contributed by atoms with Crippen molar-refractivity contribution in [2.24, 2.45) is 0 Å². The predicted molar refractivity (Wildman–Crippen MR) is 93.1 cm³/mol. The average Bonchev–Trinajstić information content (AvgIpc) is 2.48. The van der Waals surface area contributed by atoms with Crippen LogP contribution in [0.1, 0.15) is 27.7 Å². The first-order chi connectivity index (χ1) is 12.3. The number of amides is 1. The van der Waals surface area contributed by atoms with Gasteiger partial charge in [0.2, 0.25) is 6.29 Å². The Morgan fingerprint density at radius 1 is 1.11 bits per heavy atom. The molecule has 0 bridgehead atoms. The number of halogens is 3. The van der Waals surface area contributed by atoms with Gasteiger partial charge < -0.3 is 29.0 Å². The van der Waals surface area contributed by atoms with E-state index in [9.17, 15) is 14.4 Å². The van der Waals surface area contributed by atoms with Crippen LogP contribution in [0.25, 0.3) is 0 Å². The van der Waals surface area contributed by atoms with Crippen molar-refractivity contribution in [1.82, 2.24) is 5.32 Å². The highest BCUT2D eigenvalue weighted by Crippen LogP contribution is 2.35. The van der Waals surface area contributed by atoms with Crippen molar-refractivity contribution in [3.8, 4) is 0 Å². The predicted octanol–water partition coefficient (Wildman–Crippen LogP) is 1.21. The minimum atomic E-state index is -2.30. The second-order valence-corrected chi connectivity index (χ2v) is 8.80. The number of hydrogen-bond acceptors (Lipinski definition) is 8. The number of fused-ring (bicyclic) bond motifs is 1. The monoisotopic (exact) mass is 447 g/mol. The summed E-state index contributed by atoms with van der Waals surface area (Å²) in [6.45, 7) is 5.76. The van der Waals surface area contributed by atoms with Crippen LogP contribution in [-0.4, -0.2) is 64.7 Å². The fourth-order valence-electron chi connectivity index (χ4n) is 2.81. The van der Waals surface area contributed by atoms with Gasteiger partial charge in [0.05, 0.1) is 6.61 Å². The van der Waals surface area contributed by atoms with Gasteiger partial charge >= 0.3 is 11.9 Å². The van der Waals surface area contributed by atoms with E-state index < -0.39 is 58.1 Å². The van der Waals surface area contributed by atoms with Gasteiger partial charge in [0.15, 0.2) is 11.9 Å². The molecule has 0 unspecified atom stereocenters. The molecule has 0 aromatic rings. The van der Waals surface area contributed by atoms with E-state index in [0.29, 0.717) is 0 Å². The van der Waals surface area contributed by atoms with Gasteiger partial charge in [-0.25, -0.2) is 0 Å². The average molecular weight is 449 g/mol. The number of rotatable bonds is 3. The molecular formula is C15H20Cl3NO8. The topological polar surface area (TPSA) is 109 Å². The maximum absolute atomic E-state index is 12.2. The van der Waals surface area contributed by atoms with Gasteiger partial charge in [-0.15, -0.1) is 0 Å². The highest BCUT2D eigenvalue weighted by molar-refractivity contribution is 6.76. The molecule has 27 heavy (non-hydrogen) atoms. The van der Waals surface area contributed by atoms with E-state index >= 15 is 0 Å². The molecule has 2 saturated heterocycles. The maximum Gasteiger partial charge on any atom is 0.305 e. The van der Waals surface area contributed by atoms with E-state index in [2.05, 4.69) is 5.32 Å². The van der Waals surface area contributed by atoms with Gasteiger partial charge in [0.1, 0.15) is 18.2 Å². The van der Waals surface area contributed by atoms with Crippen LogP contribution in [0, 0.1) is 0 Å². The largest absolute Gasteiger partial charge is 0.457 e. The van der Waals surface area contributed by atoms with Gasteiger partial charge in [-0.3, -0.25) is 14.4 Å². The molecule has 0 aromatic carbocycles. The van der Waals surface area contributed by atoms with E-state index in [1.807, 2.05) is 0 Å². The lowest BCUT2D eigenvalue weighted by Crippen LogP contribution is -2.70. The normalized spacial score (nSPS) is 32.8. The molecule has 2 aliphatic heterocycles. The lowest BCUT2D eigenvalue weighted by Gasteiger charge is -2.50. The first kappa shape index (κ1) is 22.4. The van der Waals surface area contributed by atoms with E-state index in [1.54, 1.807) is 13.8 Å². The fourth-order valence-corrected chi connectivity index (χ4v) is 2.97. The minimum absolute atomic E-state index is 0.0817. The summed E-state index contributed by atoms with van der Waals surface area (Å²) in [5.41, 5.74) is 0. The van der Waals surface area contributed by atoms with Gasteiger partial charge in [0.25, 0.3) is 9.70 Å². The summed E-state index contributed by atoms with van der Waals surface area (Å²) in [7, 11) is 0. The summed E-state index contributed by atoms with van der Waals surface area (Å²) in [5.74, 6) is -3.35. The zero-order valence-corrected chi connectivity index (χ0v) is 17.3. The Kier molecular flexibility index (Phi) is 6.87. The third kappa shape index (κ3) is 5.82. The Bertz CT molecular complexity index is 608. The van der Waals surface area contributed by atoms with Crippen molar-refractivity contribution < 1.29 is 38.1 Å². The molecule has 154 valence electrons. The van der Waals surface area contributed by atoms with Crippen LogP contribution < -0.4 is 5.32 Å². The van der Waals surface area contributed by atoms with Crippen LogP contribution in [0.3, 0.4) is 0 Å². The van der Waals surface area contributed by atoms with Crippen molar-refractivity contribution in [3.63, 3.8) is 0 Å². The fraction of sp³-hybridized carbons (Fsp3) is 0.800. The Morgan fingerprint density at radius 2 is 1.70 bits per heavy atom. The van der Waals surface area contributed by atoms with Crippen molar-refractivity contribution in [2.45, 2.75) is 67.9 Å². The van der Waals surface area contributed by atoms with Crippen molar-refractivity contribution >= 4 is 52.6 Å². The number of carbonyl (C=O) groups excluding carboxylic acids is 3. The summed E-state index contributed by atoms with van der Waals surface area (Å²) in [6, 6.07) is -1.18. The van der Waals surface area contributed by atoms with Crippen LogP contribution in [0.4, 0.5) is 0 Å². The lowest BCUT2D eigenvalue weighted by molar-refractivity contribution is -0.365. The highest BCUT2D eigenvalue weighted by atomic mass is 35.6. The molecule has 2 fully saturated rings. The first-order valence-corrected chi connectivity index (χ1v) is 9.13. The van der Waals surface area contributed by atoms with Crippen molar-refractivity contribution in [3.05, 3.63) is 0 Å². The number of ether oxygens (including phenoxy) is 5. The summed E-state index contributed by atoms with van der Waals surface area (Å²) < 4.78 is 25.2. The Balaban J connectivity index is 2.37. The molecular weight excluding hydrogens is 429 g/mol. The molecule has 5 atom stereocenters. The first-order valence-electron chi connectivity index (χ1n) is 7.99. The van der Waals surface area contributed by atoms with E-state index in [1.165, 1.54) is 6.92 Å². The molecule has 12 heteroatoms. The smallest absolute Gasteiger partial charge is 0.305 e. The number of carbonyl (C=O) groups is 3. The molecule has 2 heterocycles. The SMILES string of the molecule is CC(=O)O[C@@H]1O[C@@H]2COC(C)(C)O[C@H]2[C@H](OC(C)=O)[C@H]1NC(=O)C(Cl)(Cl)Cl. The highest BCUT2D eigenvalue weighted by Gasteiger charge is 2.55. The Labute approximate surface area is 170 Å². The molecule has 2 rings (SSSR count). The van der Waals surface area contributed by atoms with E-state index in [4.69, 9.17) is 58.5 Å². The molecule has 0 saturated carbocycles. The van der Waals surface area contributed by atoms with Crippen LogP contribution in [-0.2, 0) is 38.1 Å². The van der Waals surface area contributed by atoms with E-state index in [-0.39, 0.29) is 6.61 Å². The summed E-state index contributed by atoms with van der Waals surface area (Å²) >= 11 is 16.8. The van der Waals surface area contributed by atoms with E-state index in [0.717, 1.165) is 6.92 Å². The third-order valence-electron chi connectivity index (χ3n) is 3.80. The van der Waals surface area contributed by atoms with Crippen LogP contribution in [0.2, 0.25) is 0 Å². The van der Waals surface area contributed by atoms with Gasteiger partial charge in [-0.1, -0.05) is 34.8 Å². The third-order valence-corrected chi connectivity index (χ3v) is 4.32. The Hall–Kier alpha value is -0.840. The maximum atomic E-state index is 12.2. The van der Waals surface area contributed by atoms with Gasteiger partial charge in [0, 0.05) is 13.8 Å². The molecule has 0 spiro atoms. The number of alkyl halides is 3. The molecule has 0 aliphatic carbocycles. The quantitative estimate of drug-likeness (QED) is 0.507. The van der Waals surface area contributed by atoms with Crippen molar-refractivity contribution in [1.29, 1.82) is 0 Å².